The van der Waals surface area contributed by atoms with Gasteiger partial charge in [-0.3, -0.25) is 4.79 Å². The van der Waals surface area contributed by atoms with E-state index in [0.29, 0.717) is 5.33 Å². The van der Waals surface area contributed by atoms with Gasteiger partial charge in [0.1, 0.15) is 0 Å². The first-order chi connectivity index (χ1) is 8.33. The molecule has 2 bridgehead atoms. The predicted molar refractivity (Wildman–Crippen MR) is 69.4 cm³/mol. The Labute approximate surface area is 115 Å². The van der Waals surface area contributed by atoms with E-state index in [1.54, 1.807) is 0 Å². The lowest BCUT2D eigenvalue weighted by Gasteiger charge is -2.34. The zero-order chi connectivity index (χ0) is 13.7. The fourth-order valence-corrected chi connectivity index (χ4v) is 4.44. The summed E-state index contributed by atoms with van der Waals surface area (Å²) in [6.45, 7) is 3.96. The van der Waals surface area contributed by atoms with Gasteiger partial charge in [0, 0.05) is 16.3 Å². The van der Waals surface area contributed by atoms with Crippen LogP contribution in [-0.2, 0) is 14.3 Å². The fraction of sp³-hybridized carbons (Fsp3) is 0.692. The molecule has 0 heterocycles. The molecule has 0 saturated heterocycles. The Bertz CT molecular complexity index is 456. The average molecular weight is 317 g/mol. The molecule has 1 N–H and O–H groups in total. The molecule has 0 amide bonds. The van der Waals surface area contributed by atoms with Crippen molar-refractivity contribution in [2.75, 3.05) is 12.4 Å². The maximum atomic E-state index is 12.5. The minimum atomic E-state index is -0.827. The molecule has 2 aliphatic rings. The molecule has 0 unspecified atom stereocenters. The number of carbonyl (C=O) groups is 2. The highest BCUT2D eigenvalue weighted by Crippen LogP contribution is 2.66. The zero-order valence-electron chi connectivity index (χ0n) is 10.7. The molecule has 0 aliphatic heterocycles. The Morgan fingerprint density at radius 1 is 1.56 bits per heavy atom. The van der Waals surface area contributed by atoms with Gasteiger partial charge >= 0.3 is 5.97 Å². The molecule has 2 fully saturated rings. The molecule has 100 valence electrons. The lowest BCUT2D eigenvalue weighted by molar-refractivity contribution is -0.139. The molecule has 0 spiro atoms. The van der Waals surface area contributed by atoms with Crippen LogP contribution in [0.15, 0.2) is 11.3 Å². The zero-order valence-corrected chi connectivity index (χ0v) is 12.3. The Kier molecular flexibility index (Phi) is 3.08. The number of aliphatic hydroxyl groups excluding tert-OH is 1. The van der Waals surface area contributed by atoms with E-state index >= 15 is 0 Å². The lowest BCUT2D eigenvalue weighted by Crippen LogP contribution is -2.36. The van der Waals surface area contributed by atoms with Crippen LogP contribution in [0.3, 0.4) is 0 Å². The topological polar surface area (TPSA) is 63.6 Å². The third-order valence-corrected chi connectivity index (χ3v) is 6.13. The molecule has 2 saturated carbocycles. The summed E-state index contributed by atoms with van der Waals surface area (Å²) in [5.74, 6) is -1.52. The number of esters is 1. The number of fused-ring (bicyclic) bond motifs is 2. The molecule has 0 aromatic carbocycles. The van der Waals surface area contributed by atoms with Gasteiger partial charge in [-0.25, -0.2) is 4.79 Å². The number of hydrogen-bond donors (Lipinski definition) is 1. The molecular formula is C13H17BrO4. The first-order valence-corrected chi connectivity index (χ1v) is 7.08. The van der Waals surface area contributed by atoms with Crippen molar-refractivity contribution in [2.45, 2.75) is 26.7 Å². The number of alkyl halides is 1. The standard InChI is InChI=1S/C13H17BrO4/c1-12-5-4-7(13(12,2)6-14)8(10(12)16)9(15)11(17)18-3/h7,15H,4-6H2,1-3H3/b9-8+/t7-,12-,13+/m1/s1. The first-order valence-electron chi connectivity index (χ1n) is 5.95. The van der Waals surface area contributed by atoms with E-state index in [1.807, 2.05) is 13.8 Å². The van der Waals surface area contributed by atoms with Crippen LogP contribution in [-0.4, -0.2) is 29.3 Å². The van der Waals surface area contributed by atoms with Gasteiger partial charge in [-0.1, -0.05) is 29.8 Å². The Morgan fingerprint density at radius 2 is 2.17 bits per heavy atom. The van der Waals surface area contributed by atoms with Gasteiger partial charge in [-0.15, -0.1) is 0 Å². The molecular weight excluding hydrogens is 300 g/mol. The highest BCUT2D eigenvalue weighted by atomic mass is 79.9. The molecule has 18 heavy (non-hydrogen) atoms. The molecule has 0 radical (unpaired) electrons. The van der Waals surface area contributed by atoms with Gasteiger partial charge in [-0.2, -0.15) is 0 Å². The summed E-state index contributed by atoms with van der Waals surface area (Å²) < 4.78 is 4.50. The monoisotopic (exact) mass is 316 g/mol. The van der Waals surface area contributed by atoms with Crippen LogP contribution in [0, 0.1) is 16.7 Å². The van der Waals surface area contributed by atoms with Crippen LogP contribution in [0.2, 0.25) is 0 Å². The summed E-state index contributed by atoms with van der Waals surface area (Å²) in [4.78, 5) is 23.9. The second-order valence-electron chi connectivity index (χ2n) is 5.56. The number of methoxy groups -OCH3 is 1. The highest BCUT2D eigenvalue weighted by Gasteiger charge is 2.67. The van der Waals surface area contributed by atoms with Crippen molar-refractivity contribution in [3.8, 4) is 0 Å². The molecule has 4 nitrogen and oxygen atoms in total. The SMILES string of the molecule is COC(=O)/C(O)=C1\C(=O)[C@@]2(C)CC[C@H]1[C@]2(C)CBr. The van der Waals surface area contributed by atoms with Crippen LogP contribution in [0.1, 0.15) is 26.7 Å². The summed E-state index contributed by atoms with van der Waals surface area (Å²) in [5, 5.41) is 10.6. The molecule has 5 heteroatoms. The summed E-state index contributed by atoms with van der Waals surface area (Å²) in [5.41, 5.74) is -0.488. The van der Waals surface area contributed by atoms with E-state index in [2.05, 4.69) is 20.7 Å². The van der Waals surface area contributed by atoms with Crippen molar-refractivity contribution in [3.63, 3.8) is 0 Å². The number of halogens is 1. The van der Waals surface area contributed by atoms with Gasteiger partial charge in [0.25, 0.3) is 0 Å². The summed E-state index contributed by atoms with van der Waals surface area (Å²) in [7, 11) is 1.20. The predicted octanol–water partition coefficient (Wildman–Crippen LogP) is 2.37. The molecule has 0 aromatic heterocycles. The number of hydrogen-bond acceptors (Lipinski definition) is 4. The van der Waals surface area contributed by atoms with E-state index in [-0.39, 0.29) is 22.7 Å². The summed E-state index contributed by atoms with van der Waals surface area (Å²) in [6.07, 6.45) is 1.62. The summed E-state index contributed by atoms with van der Waals surface area (Å²) in [6, 6.07) is 0. The fourth-order valence-electron chi connectivity index (χ4n) is 3.43. The number of ether oxygens (including phenoxy) is 1. The third-order valence-electron chi connectivity index (χ3n) is 4.97. The van der Waals surface area contributed by atoms with Gasteiger partial charge in [0.15, 0.2) is 5.78 Å². The Hall–Kier alpha value is -0.840. The van der Waals surface area contributed by atoms with Crippen molar-refractivity contribution in [3.05, 3.63) is 11.3 Å². The molecule has 0 aromatic rings. The Morgan fingerprint density at radius 3 is 2.61 bits per heavy atom. The van der Waals surface area contributed by atoms with Crippen molar-refractivity contribution in [2.24, 2.45) is 16.7 Å². The second kappa shape index (κ2) is 4.08. The first kappa shape index (κ1) is 13.6. The minimum Gasteiger partial charge on any atom is -0.502 e. The third kappa shape index (κ3) is 1.37. The lowest BCUT2D eigenvalue weighted by atomic mass is 9.70. The van der Waals surface area contributed by atoms with Crippen LogP contribution >= 0.6 is 15.9 Å². The highest BCUT2D eigenvalue weighted by molar-refractivity contribution is 9.09. The quantitative estimate of drug-likeness (QED) is 0.368. The maximum Gasteiger partial charge on any atom is 0.373 e. The van der Waals surface area contributed by atoms with Crippen LogP contribution in [0.25, 0.3) is 0 Å². The van der Waals surface area contributed by atoms with E-state index in [9.17, 15) is 14.7 Å². The van der Waals surface area contributed by atoms with Crippen LogP contribution in [0.4, 0.5) is 0 Å². The molecule has 2 rings (SSSR count). The maximum absolute atomic E-state index is 12.5. The largest absolute Gasteiger partial charge is 0.502 e. The molecule has 2 aliphatic carbocycles. The van der Waals surface area contributed by atoms with Crippen molar-refractivity contribution in [1.82, 2.24) is 0 Å². The average Bonchev–Trinajstić information content (AvgIpc) is 2.71. The van der Waals surface area contributed by atoms with Crippen LogP contribution in [0.5, 0.6) is 0 Å². The van der Waals surface area contributed by atoms with Crippen molar-refractivity contribution in [1.29, 1.82) is 0 Å². The number of allylic oxidation sites excluding steroid dienone is 1. The summed E-state index contributed by atoms with van der Waals surface area (Å²) >= 11 is 3.47. The van der Waals surface area contributed by atoms with Gasteiger partial charge < -0.3 is 9.84 Å². The molecule has 3 atom stereocenters. The van der Waals surface area contributed by atoms with E-state index in [4.69, 9.17) is 0 Å². The number of ketones is 1. The van der Waals surface area contributed by atoms with Gasteiger partial charge in [0.2, 0.25) is 5.76 Å². The van der Waals surface area contributed by atoms with Crippen molar-refractivity contribution < 1.29 is 19.4 Å². The van der Waals surface area contributed by atoms with Crippen molar-refractivity contribution >= 4 is 27.7 Å². The minimum absolute atomic E-state index is 0.0755. The van der Waals surface area contributed by atoms with Gasteiger partial charge in [-0.05, 0) is 24.2 Å². The van der Waals surface area contributed by atoms with E-state index in [0.717, 1.165) is 12.8 Å². The second-order valence-corrected chi connectivity index (χ2v) is 6.12. The van der Waals surface area contributed by atoms with E-state index in [1.165, 1.54) is 7.11 Å². The number of Topliss-reactive ketones (excluding diaryl/α,β-unsaturated/α-hetero) is 1. The van der Waals surface area contributed by atoms with E-state index < -0.39 is 17.1 Å². The Balaban J connectivity index is 2.57. The number of carbonyl (C=O) groups excluding carboxylic acids is 2. The smallest absolute Gasteiger partial charge is 0.373 e. The normalized spacial score (nSPS) is 41.1. The number of aliphatic hydroxyl groups is 1. The number of rotatable bonds is 2. The van der Waals surface area contributed by atoms with Crippen LogP contribution < -0.4 is 0 Å². The van der Waals surface area contributed by atoms with Gasteiger partial charge in [0.05, 0.1) is 7.11 Å².